The molecule has 2 atom stereocenters. The van der Waals surface area contributed by atoms with Gasteiger partial charge >= 0.3 is 6.09 Å². The van der Waals surface area contributed by atoms with Gasteiger partial charge < -0.3 is 9.64 Å². The Morgan fingerprint density at radius 1 is 0.828 bits per heavy atom. The molecule has 0 spiro atoms. The van der Waals surface area contributed by atoms with Crippen molar-refractivity contribution in [2.45, 2.75) is 142 Å². The number of Topliss-reactive ketones (excluding diaryl/α,β-unsaturated/α-hetero) is 1. The summed E-state index contributed by atoms with van der Waals surface area (Å²) in [5, 5.41) is 0. The highest BCUT2D eigenvalue weighted by atomic mass is 16.6. The van der Waals surface area contributed by atoms with Crippen molar-refractivity contribution in [3.05, 3.63) is 0 Å². The van der Waals surface area contributed by atoms with E-state index in [1.807, 2.05) is 25.7 Å². The average Bonchev–Trinajstić information content (AvgIpc) is 2.91. The highest BCUT2D eigenvalue weighted by Gasteiger charge is 2.46. The van der Waals surface area contributed by atoms with Gasteiger partial charge in [0.05, 0.1) is 0 Å². The molecule has 168 valence electrons. The number of fused-ring (bicyclic) bond motifs is 2. The maximum Gasteiger partial charge on any atom is 0.410 e. The van der Waals surface area contributed by atoms with Crippen molar-refractivity contribution in [3.8, 4) is 0 Å². The van der Waals surface area contributed by atoms with Gasteiger partial charge in [-0.15, -0.1) is 0 Å². The van der Waals surface area contributed by atoms with Crippen LogP contribution in [-0.2, 0) is 9.53 Å². The van der Waals surface area contributed by atoms with Gasteiger partial charge in [0.25, 0.3) is 0 Å². The first-order chi connectivity index (χ1) is 13.8. The van der Waals surface area contributed by atoms with E-state index in [-0.39, 0.29) is 24.1 Å². The van der Waals surface area contributed by atoms with E-state index in [0.29, 0.717) is 5.78 Å². The van der Waals surface area contributed by atoms with Crippen molar-refractivity contribution in [1.82, 2.24) is 4.90 Å². The summed E-state index contributed by atoms with van der Waals surface area (Å²) in [5.41, 5.74) is -0.460. The van der Waals surface area contributed by atoms with Crippen LogP contribution in [0, 0.1) is 5.92 Å². The van der Waals surface area contributed by atoms with Crippen molar-refractivity contribution in [2.75, 3.05) is 0 Å². The van der Waals surface area contributed by atoms with Crippen molar-refractivity contribution >= 4 is 11.9 Å². The predicted octanol–water partition coefficient (Wildman–Crippen LogP) is 7.04. The number of hydrogen-bond acceptors (Lipinski definition) is 3. The Labute approximate surface area is 179 Å². The first-order valence-corrected chi connectivity index (χ1v) is 12.4. The summed E-state index contributed by atoms with van der Waals surface area (Å²) in [6, 6.07) is 0.399. The van der Waals surface area contributed by atoms with Crippen LogP contribution in [0.2, 0.25) is 0 Å². The van der Waals surface area contributed by atoms with Crippen LogP contribution in [0.4, 0.5) is 4.79 Å². The second kappa shape index (κ2) is 12.0. The average molecular weight is 408 g/mol. The summed E-state index contributed by atoms with van der Waals surface area (Å²) in [5.74, 6) is 0.593. The number of carbonyl (C=O) groups is 2. The molecule has 29 heavy (non-hydrogen) atoms. The lowest BCUT2D eigenvalue weighted by Gasteiger charge is -2.39. The Balaban J connectivity index is 1.60. The molecule has 2 heterocycles. The van der Waals surface area contributed by atoms with Crippen LogP contribution in [0.1, 0.15) is 124 Å². The summed E-state index contributed by atoms with van der Waals surface area (Å²) < 4.78 is 5.59. The van der Waals surface area contributed by atoms with Crippen LogP contribution < -0.4 is 0 Å². The molecular weight excluding hydrogens is 362 g/mol. The van der Waals surface area contributed by atoms with Crippen LogP contribution in [0.5, 0.6) is 0 Å². The number of amides is 1. The SMILES string of the molecule is CCCCCCCCCCCCC(=O)C1CC2CCC(C1)N2C(=O)OC(C)(C)C. The van der Waals surface area contributed by atoms with Crippen LogP contribution >= 0.6 is 0 Å². The van der Waals surface area contributed by atoms with Crippen LogP contribution in [0.3, 0.4) is 0 Å². The summed E-state index contributed by atoms with van der Waals surface area (Å²) in [4.78, 5) is 27.2. The number of nitrogens with zero attached hydrogens (tertiary/aromatic N) is 1. The Kier molecular flexibility index (Phi) is 9.98. The van der Waals surface area contributed by atoms with Crippen molar-refractivity contribution < 1.29 is 14.3 Å². The molecular formula is C25H45NO3. The Morgan fingerprint density at radius 2 is 1.31 bits per heavy atom. The molecule has 2 fully saturated rings. The standard InChI is InChI=1S/C25H45NO3/c1-5-6-7-8-9-10-11-12-13-14-15-23(27)20-18-21-16-17-22(19-20)26(21)24(28)29-25(2,3)4/h20-22H,5-19H2,1-4H3. The minimum Gasteiger partial charge on any atom is -0.444 e. The second-order valence-electron chi connectivity index (χ2n) is 10.3. The molecule has 0 aliphatic carbocycles. The third-order valence-electron chi connectivity index (χ3n) is 6.57. The van der Waals surface area contributed by atoms with Gasteiger partial charge in [-0.3, -0.25) is 4.79 Å². The normalized spacial score (nSPS) is 24.0. The van der Waals surface area contributed by atoms with E-state index < -0.39 is 5.60 Å². The lowest BCUT2D eigenvalue weighted by molar-refractivity contribution is -0.125. The fraction of sp³-hybridized carbons (Fsp3) is 0.920. The van der Waals surface area contributed by atoms with Crippen molar-refractivity contribution in [1.29, 1.82) is 0 Å². The molecule has 2 rings (SSSR count). The lowest BCUT2D eigenvalue weighted by Crippen LogP contribution is -2.49. The minimum absolute atomic E-state index is 0.157. The monoisotopic (exact) mass is 407 g/mol. The van der Waals surface area contributed by atoms with Gasteiger partial charge in [-0.05, 0) is 52.9 Å². The molecule has 2 unspecified atom stereocenters. The molecule has 4 heteroatoms. The zero-order valence-electron chi connectivity index (χ0n) is 19.5. The molecule has 2 saturated heterocycles. The van der Waals surface area contributed by atoms with Gasteiger partial charge in [0, 0.05) is 24.4 Å². The molecule has 0 aromatic heterocycles. The van der Waals surface area contributed by atoms with Gasteiger partial charge in [-0.2, -0.15) is 0 Å². The first kappa shape index (κ1) is 24.2. The Morgan fingerprint density at radius 3 is 1.79 bits per heavy atom. The topological polar surface area (TPSA) is 46.6 Å². The molecule has 0 saturated carbocycles. The number of hydrogen-bond donors (Lipinski definition) is 0. The third kappa shape index (κ3) is 8.30. The fourth-order valence-electron chi connectivity index (χ4n) is 5.04. The van der Waals surface area contributed by atoms with E-state index >= 15 is 0 Å². The van der Waals surface area contributed by atoms with Crippen molar-refractivity contribution in [3.63, 3.8) is 0 Å². The van der Waals surface area contributed by atoms with E-state index in [1.165, 1.54) is 57.8 Å². The van der Waals surface area contributed by atoms with Crippen molar-refractivity contribution in [2.24, 2.45) is 5.92 Å². The molecule has 0 aromatic carbocycles. The molecule has 2 aliphatic rings. The molecule has 0 radical (unpaired) electrons. The van der Waals surface area contributed by atoms with E-state index in [0.717, 1.165) is 38.5 Å². The molecule has 0 aromatic rings. The molecule has 2 bridgehead atoms. The predicted molar refractivity (Wildman–Crippen MR) is 119 cm³/mol. The minimum atomic E-state index is -0.460. The smallest absolute Gasteiger partial charge is 0.410 e. The van der Waals surface area contributed by atoms with Gasteiger partial charge in [0.2, 0.25) is 0 Å². The zero-order chi connectivity index (χ0) is 21.3. The summed E-state index contributed by atoms with van der Waals surface area (Å²) in [7, 11) is 0. The summed E-state index contributed by atoms with van der Waals surface area (Å²) in [6.07, 6.45) is 17.3. The van der Waals surface area contributed by atoms with Gasteiger partial charge in [0.1, 0.15) is 11.4 Å². The number of rotatable bonds is 12. The zero-order valence-corrected chi connectivity index (χ0v) is 19.5. The quantitative estimate of drug-likeness (QED) is 0.326. The highest BCUT2D eigenvalue weighted by molar-refractivity contribution is 5.81. The maximum atomic E-state index is 12.7. The van der Waals surface area contributed by atoms with Crippen LogP contribution in [0.25, 0.3) is 0 Å². The number of ether oxygens (including phenoxy) is 1. The van der Waals surface area contributed by atoms with E-state index in [2.05, 4.69) is 6.92 Å². The highest BCUT2D eigenvalue weighted by Crippen LogP contribution is 2.40. The molecule has 4 nitrogen and oxygen atoms in total. The largest absolute Gasteiger partial charge is 0.444 e. The first-order valence-electron chi connectivity index (χ1n) is 12.4. The fourth-order valence-corrected chi connectivity index (χ4v) is 5.04. The summed E-state index contributed by atoms with van der Waals surface area (Å²) in [6.45, 7) is 8.00. The Hall–Kier alpha value is -1.06. The molecule has 0 N–H and O–H groups in total. The second-order valence-corrected chi connectivity index (χ2v) is 10.3. The van der Waals surface area contributed by atoms with E-state index in [4.69, 9.17) is 4.74 Å². The number of piperidine rings is 1. The lowest BCUT2D eigenvalue weighted by atomic mass is 9.85. The van der Waals surface area contributed by atoms with Crippen LogP contribution in [-0.4, -0.2) is 34.5 Å². The van der Waals surface area contributed by atoms with Gasteiger partial charge in [-0.25, -0.2) is 4.79 Å². The number of carbonyl (C=O) groups excluding carboxylic acids is 2. The molecule has 2 aliphatic heterocycles. The number of ketones is 1. The Bertz CT molecular complexity index is 497. The molecule has 1 amide bonds. The van der Waals surface area contributed by atoms with Crippen LogP contribution in [0.15, 0.2) is 0 Å². The number of unbranched alkanes of at least 4 members (excludes halogenated alkanes) is 9. The van der Waals surface area contributed by atoms with E-state index in [9.17, 15) is 9.59 Å². The van der Waals surface area contributed by atoms with E-state index in [1.54, 1.807) is 0 Å². The maximum absolute atomic E-state index is 12.7. The third-order valence-corrected chi connectivity index (χ3v) is 6.57. The summed E-state index contributed by atoms with van der Waals surface area (Å²) >= 11 is 0. The van der Waals surface area contributed by atoms with Gasteiger partial charge in [0.15, 0.2) is 0 Å². The van der Waals surface area contributed by atoms with Gasteiger partial charge in [-0.1, -0.05) is 64.7 Å².